The topological polar surface area (TPSA) is 52.4 Å². The molecular formula is C13H11ClF2N4O2. The zero-order chi connectivity index (χ0) is 15.5. The van der Waals surface area contributed by atoms with E-state index in [2.05, 4.69) is 15.0 Å². The van der Waals surface area contributed by atoms with Crippen molar-refractivity contribution in [1.82, 2.24) is 19.9 Å². The van der Waals surface area contributed by atoms with Gasteiger partial charge in [-0.25, -0.2) is 4.68 Å². The molecule has 0 aliphatic carbocycles. The summed E-state index contributed by atoms with van der Waals surface area (Å²) in [6, 6.07) is 4.48. The Morgan fingerprint density at radius 3 is 3.00 bits per heavy atom. The largest absolute Gasteiger partial charge is 0.479 e. The minimum Gasteiger partial charge on any atom is -0.479 e. The summed E-state index contributed by atoms with van der Waals surface area (Å²) in [6.07, 6.45) is 5.09. The SMILES string of the molecule is FC(F)Oc1cc(-n2cc(CN3C=COC3)nn2)ccc1Cl. The van der Waals surface area contributed by atoms with Gasteiger partial charge in [-0.1, -0.05) is 16.8 Å². The Morgan fingerprint density at radius 1 is 1.41 bits per heavy atom. The highest BCUT2D eigenvalue weighted by Crippen LogP contribution is 2.28. The van der Waals surface area contributed by atoms with E-state index in [4.69, 9.17) is 16.3 Å². The van der Waals surface area contributed by atoms with Gasteiger partial charge in [0.2, 0.25) is 0 Å². The van der Waals surface area contributed by atoms with Crippen molar-refractivity contribution in [3.63, 3.8) is 0 Å². The molecule has 2 aromatic rings. The number of hydrogen-bond donors (Lipinski definition) is 0. The van der Waals surface area contributed by atoms with E-state index in [9.17, 15) is 8.78 Å². The van der Waals surface area contributed by atoms with Crippen LogP contribution in [0.5, 0.6) is 5.75 Å². The van der Waals surface area contributed by atoms with Crippen LogP contribution in [0.15, 0.2) is 36.9 Å². The van der Waals surface area contributed by atoms with Gasteiger partial charge in [0, 0.05) is 12.3 Å². The Hall–Kier alpha value is -2.35. The maximum absolute atomic E-state index is 12.3. The number of hydrogen-bond acceptors (Lipinski definition) is 5. The molecule has 3 rings (SSSR count). The summed E-state index contributed by atoms with van der Waals surface area (Å²) in [7, 11) is 0. The first-order valence-electron chi connectivity index (χ1n) is 6.30. The van der Waals surface area contributed by atoms with E-state index < -0.39 is 6.61 Å². The molecule has 1 aliphatic heterocycles. The van der Waals surface area contributed by atoms with Crippen molar-refractivity contribution in [1.29, 1.82) is 0 Å². The van der Waals surface area contributed by atoms with Crippen molar-refractivity contribution in [2.45, 2.75) is 13.2 Å². The second-order valence-corrected chi connectivity index (χ2v) is 4.88. The molecule has 9 heteroatoms. The van der Waals surface area contributed by atoms with E-state index >= 15 is 0 Å². The highest BCUT2D eigenvalue weighted by Gasteiger charge is 2.13. The standard InChI is InChI=1S/C13H11ClF2N4O2/c14-11-2-1-10(5-12(11)22-13(15)16)20-7-9(17-18-20)6-19-3-4-21-8-19/h1-5,7,13H,6,8H2. The van der Waals surface area contributed by atoms with Gasteiger partial charge in [-0.2, -0.15) is 8.78 Å². The third-order valence-corrected chi connectivity index (χ3v) is 3.22. The van der Waals surface area contributed by atoms with Crippen LogP contribution in [0.1, 0.15) is 5.69 Å². The average Bonchev–Trinajstić information content (AvgIpc) is 3.13. The lowest BCUT2D eigenvalue weighted by Gasteiger charge is -2.10. The van der Waals surface area contributed by atoms with Crippen LogP contribution in [-0.4, -0.2) is 33.2 Å². The molecule has 0 radical (unpaired) electrons. The molecule has 0 bridgehead atoms. The van der Waals surface area contributed by atoms with Gasteiger partial charge in [-0.05, 0) is 12.1 Å². The van der Waals surface area contributed by atoms with E-state index in [1.165, 1.54) is 16.8 Å². The molecular weight excluding hydrogens is 318 g/mol. The fourth-order valence-electron chi connectivity index (χ4n) is 1.94. The van der Waals surface area contributed by atoms with Gasteiger partial charge in [0.25, 0.3) is 0 Å². The van der Waals surface area contributed by atoms with Crippen molar-refractivity contribution in [3.05, 3.63) is 47.6 Å². The molecule has 116 valence electrons. The van der Waals surface area contributed by atoms with Crippen LogP contribution in [0.4, 0.5) is 8.78 Å². The Morgan fingerprint density at radius 2 is 2.27 bits per heavy atom. The second-order valence-electron chi connectivity index (χ2n) is 4.48. The molecule has 22 heavy (non-hydrogen) atoms. The minimum atomic E-state index is -2.94. The molecule has 1 aromatic heterocycles. The molecule has 2 heterocycles. The second kappa shape index (κ2) is 6.18. The van der Waals surface area contributed by atoms with Crippen molar-refractivity contribution in [2.75, 3.05) is 6.73 Å². The zero-order valence-corrected chi connectivity index (χ0v) is 12.0. The quantitative estimate of drug-likeness (QED) is 0.844. The molecule has 0 saturated heterocycles. The predicted molar refractivity (Wildman–Crippen MR) is 73.6 cm³/mol. The van der Waals surface area contributed by atoms with Crippen LogP contribution in [-0.2, 0) is 11.3 Å². The summed E-state index contributed by atoms with van der Waals surface area (Å²) in [6.45, 7) is -1.95. The van der Waals surface area contributed by atoms with Gasteiger partial charge in [-0.15, -0.1) is 5.10 Å². The van der Waals surface area contributed by atoms with Gasteiger partial charge in [-0.3, -0.25) is 0 Å². The molecule has 1 aromatic carbocycles. The summed E-state index contributed by atoms with van der Waals surface area (Å²) >= 11 is 5.81. The summed E-state index contributed by atoms with van der Waals surface area (Å²) in [5, 5.41) is 8.10. The molecule has 0 atom stereocenters. The fraction of sp³-hybridized carbons (Fsp3) is 0.231. The Balaban J connectivity index is 1.78. The molecule has 6 nitrogen and oxygen atoms in total. The first-order valence-corrected chi connectivity index (χ1v) is 6.68. The van der Waals surface area contributed by atoms with Gasteiger partial charge in [0.15, 0.2) is 6.73 Å². The first-order chi connectivity index (χ1) is 10.6. The Labute approximate surface area is 129 Å². The van der Waals surface area contributed by atoms with E-state index in [1.54, 1.807) is 24.7 Å². The lowest BCUT2D eigenvalue weighted by Crippen LogP contribution is -2.14. The van der Waals surface area contributed by atoms with E-state index in [1.807, 2.05) is 4.90 Å². The summed E-state index contributed by atoms with van der Waals surface area (Å²) in [5.41, 5.74) is 1.23. The predicted octanol–water partition coefficient (Wildman–Crippen LogP) is 2.78. The summed E-state index contributed by atoms with van der Waals surface area (Å²) < 4.78 is 35.6. The van der Waals surface area contributed by atoms with Gasteiger partial charge >= 0.3 is 6.61 Å². The molecule has 0 fully saturated rings. The Kier molecular flexibility index (Phi) is 4.10. The van der Waals surface area contributed by atoms with Crippen LogP contribution in [0.2, 0.25) is 5.02 Å². The first kappa shape index (κ1) is 14.6. The maximum atomic E-state index is 12.3. The van der Waals surface area contributed by atoms with Crippen molar-refractivity contribution < 1.29 is 18.3 Å². The van der Waals surface area contributed by atoms with Gasteiger partial charge in [0.05, 0.1) is 23.5 Å². The number of aromatic nitrogens is 3. The Bertz CT molecular complexity index is 692. The molecule has 1 aliphatic rings. The monoisotopic (exact) mass is 328 g/mol. The molecule has 0 unspecified atom stereocenters. The zero-order valence-electron chi connectivity index (χ0n) is 11.2. The van der Waals surface area contributed by atoms with Crippen molar-refractivity contribution in [3.8, 4) is 11.4 Å². The van der Waals surface area contributed by atoms with Crippen LogP contribution < -0.4 is 4.74 Å². The number of benzene rings is 1. The molecule has 0 amide bonds. The third kappa shape index (κ3) is 3.28. The van der Waals surface area contributed by atoms with Crippen molar-refractivity contribution in [2.24, 2.45) is 0 Å². The number of alkyl halides is 2. The number of halogens is 3. The lowest BCUT2D eigenvalue weighted by molar-refractivity contribution is -0.0497. The molecule has 0 N–H and O–H groups in total. The maximum Gasteiger partial charge on any atom is 0.387 e. The summed E-state index contributed by atoms with van der Waals surface area (Å²) in [4.78, 5) is 1.90. The van der Waals surface area contributed by atoms with E-state index in [0.717, 1.165) is 0 Å². The van der Waals surface area contributed by atoms with Crippen LogP contribution in [0, 0.1) is 0 Å². The van der Waals surface area contributed by atoms with E-state index in [-0.39, 0.29) is 10.8 Å². The van der Waals surface area contributed by atoms with Crippen LogP contribution >= 0.6 is 11.6 Å². The van der Waals surface area contributed by atoms with Crippen molar-refractivity contribution >= 4 is 11.6 Å². The minimum absolute atomic E-state index is 0.101. The van der Waals surface area contributed by atoms with E-state index in [0.29, 0.717) is 24.7 Å². The number of nitrogens with zero attached hydrogens (tertiary/aromatic N) is 4. The normalized spacial score (nSPS) is 13.7. The molecule has 0 saturated carbocycles. The molecule has 0 spiro atoms. The average molecular weight is 329 g/mol. The van der Waals surface area contributed by atoms with Gasteiger partial charge in [0.1, 0.15) is 17.7 Å². The number of ether oxygens (including phenoxy) is 2. The fourth-order valence-corrected chi connectivity index (χ4v) is 2.10. The third-order valence-electron chi connectivity index (χ3n) is 2.91. The number of rotatable bonds is 5. The smallest absolute Gasteiger partial charge is 0.387 e. The van der Waals surface area contributed by atoms with Gasteiger partial charge < -0.3 is 14.4 Å². The van der Waals surface area contributed by atoms with Crippen LogP contribution in [0.3, 0.4) is 0 Å². The highest BCUT2D eigenvalue weighted by molar-refractivity contribution is 6.32. The summed E-state index contributed by atoms with van der Waals surface area (Å²) in [5.74, 6) is -0.109. The van der Waals surface area contributed by atoms with Crippen LogP contribution in [0.25, 0.3) is 5.69 Å². The lowest BCUT2D eigenvalue weighted by atomic mass is 10.3. The highest BCUT2D eigenvalue weighted by atomic mass is 35.5.